The first-order valence-corrected chi connectivity index (χ1v) is 7.39. The van der Waals surface area contributed by atoms with Crippen LogP contribution in [-0.2, 0) is 6.54 Å². The molecule has 21 heavy (non-hydrogen) atoms. The molecule has 1 aromatic heterocycles. The van der Waals surface area contributed by atoms with Crippen LogP contribution < -0.4 is 10.1 Å². The lowest BCUT2D eigenvalue weighted by molar-refractivity contribution is 0.427. The molecule has 0 spiro atoms. The lowest BCUT2D eigenvalue weighted by Gasteiger charge is -2.09. The molecular weight excluding hydrogens is 314 g/mol. The number of rotatable bonds is 5. The Bertz CT molecular complexity index is 662. The average molecular weight is 327 g/mol. The molecule has 1 aromatic carbocycles. The first-order valence-electron chi connectivity index (χ1n) is 6.63. The van der Waals surface area contributed by atoms with Crippen molar-refractivity contribution in [2.45, 2.75) is 25.4 Å². The van der Waals surface area contributed by atoms with E-state index in [0.29, 0.717) is 17.6 Å². The maximum absolute atomic E-state index is 13.8. The Labute approximate surface area is 132 Å². The molecule has 6 heteroatoms. The van der Waals surface area contributed by atoms with Gasteiger partial charge >= 0.3 is 0 Å². The fourth-order valence-corrected chi connectivity index (χ4v) is 2.25. The molecule has 3 rings (SSSR count). The topological polar surface area (TPSA) is 34.1 Å². The van der Waals surface area contributed by atoms with Crippen molar-refractivity contribution in [1.82, 2.24) is 10.3 Å². The van der Waals surface area contributed by atoms with Gasteiger partial charge in [-0.2, -0.15) is 0 Å². The van der Waals surface area contributed by atoms with Crippen LogP contribution in [0, 0.1) is 5.82 Å². The molecule has 2 aromatic rings. The minimum atomic E-state index is -0.628. The molecule has 1 aliphatic carbocycles. The molecule has 0 bridgehead atoms. The molecule has 1 fully saturated rings. The molecule has 0 aliphatic heterocycles. The van der Waals surface area contributed by atoms with Crippen LogP contribution in [0.15, 0.2) is 30.5 Å². The van der Waals surface area contributed by atoms with E-state index in [-0.39, 0.29) is 16.7 Å². The number of benzene rings is 1. The predicted molar refractivity (Wildman–Crippen MR) is 80.6 cm³/mol. The van der Waals surface area contributed by atoms with Crippen LogP contribution >= 0.6 is 23.2 Å². The Balaban J connectivity index is 1.74. The highest BCUT2D eigenvalue weighted by molar-refractivity contribution is 6.32. The smallest absolute Gasteiger partial charge is 0.238 e. The fraction of sp³-hybridized carbons (Fsp3) is 0.267. The van der Waals surface area contributed by atoms with Crippen LogP contribution in [0.25, 0.3) is 0 Å². The SMILES string of the molecule is Fc1c(Cl)cccc1Oc1ncc(CNC2CC2)cc1Cl. The van der Waals surface area contributed by atoms with E-state index in [4.69, 9.17) is 27.9 Å². The minimum absolute atomic E-state index is 0.000699. The maximum atomic E-state index is 13.8. The number of ether oxygens (including phenoxy) is 1. The van der Waals surface area contributed by atoms with Crippen molar-refractivity contribution in [2.75, 3.05) is 0 Å². The molecule has 110 valence electrons. The summed E-state index contributed by atoms with van der Waals surface area (Å²) < 4.78 is 19.2. The van der Waals surface area contributed by atoms with Crippen LogP contribution in [0.3, 0.4) is 0 Å². The summed E-state index contributed by atoms with van der Waals surface area (Å²) in [6.45, 7) is 0.712. The van der Waals surface area contributed by atoms with E-state index in [2.05, 4.69) is 10.3 Å². The van der Waals surface area contributed by atoms with Crippen LogP contribution in [0.1, 0.15) is 18.4 Å². The van der Waals surface area contributed by atoms with Gasteiger partial charge < -0.3 is 10.1 Å². The zero-order chi connectivity index (χ0) is 14.8. The monoisotopic (exact) mass is 326 g/mol. The first kappa shape index (κ1) is 14.6. The van der Waals surface area contributed by atoms with Crippen molar-refractivity contribution < 1.29 is 9.13 Å². The van der Waals surface area contributed by atoms with Gasteiger partial charge in [0.05, 0.1) is 5.02 Å². The highest BCUT2D eigenvalue weighted by Crippen LogP contribution is 2.31. The van der Waals surface area contributed by atoms with E-state index in [0.717, 1.165) is 5.56 Å². The molecule has 0 unspecified atom stereocenters. The largest absolute Gasteiger partial charge is 0.434 e. The molecule has 0 radical (unpaired) electrons. The lowest BCUT2D eigenvalue weighted by atomic mass is 10.3. The van der Waals surface area contributed by atoms with Crippen molar-refractivity contribution in [3.8, 4) is 11.6 Å². The van der Waals surface area contributed by atoms with Gasteiger partial charge in [0.25, 0.3) is 0 Å². The molecule has 1 saturated carbocycles. The summed E-state index contributed by atoms with van der Waals surface area (Å²) in [5.41, 5.74) is 0.964. The predicted octanol–water partition coefficient (Wildman–Crippen LogP) is 4.57. The standard InChI is InChI=1S/C15H13Cl2FN2O/c16-11-2-1-3-13(14(11)18)21-15-12(17)6-9(8-20-15)7-19-10-4-5-10/h1-3,6,8,10,19H,4-5,7H2. The second-order valence-corrected chi connectivity index (χ2v) is 5.75. The number of hydrogen-bond acceptors (Lipinski definition) is 3. The quantitative estimate of drug-likeness (QED) is 0.873. The van der Waals surface area contributed by atoms with Gasteiger partial charge in [-0.1, -0.05) is 29.3 Å². The van der Waals surface area contributed by atoms with Gasteiger partial charge in [0.1, 0.15) is 5.02 Å². The first-order chi connectivity index (χ1) is 10.1. The van der Waals surface area contributed by atoms with Gasteiger partial charge in [-0.15, -0.1) is 0 Å². The third-order valence-corrected chi connectivity index (χ3v) is 3.72. The zero-order valence-electron chi connectivity index (χ0n) is 11.1. The van der Waals surface area contributed by atoms with Crippen LogP contribution in [0.4, 0.5) is 4.39 Å². The van der Waals surface area contributed by atoms with Gasteiger partial charge in [-0.05, 0) is 36.6 Å². The van der Waals surface area contributed by atoms with Crippen LogP contribution in [0.5, 0.6) is 11.6 Å². The normalized spacial score (nSPS) is 14.2. The van der Waals surface area contributed by atoms with Crippen molar-refractivity contribution in [1.29, 1.82) is 0 Å². The Morgan fingerprint density at radius 1 is 1.29 bits per heavy atom. The van der Waals surface area contributed by atoms with Gasteiger partial charge in [0.15, 0.2) is 11.6 Å². The summed E-state index contributed by atoms with van der Waals surface area (Å²) in [4.78, 5) is 4.14. The molecule has 0 atom stereocenters. The number of aromatic nitrogens is 1. The lowest BCUT2D eigenvalue weighted by Crippen LogP contribution is -2.15. The van der Waals surface area contributed by atoms with Gasteiger partial charge in [0, 0.05) is 18.8 Å². The Kier molecular flexibility index (Phi) is 4.29. The van der Waals surface area contributed by atoms with Crippen LogP contribution in [0.2, 0.25) is 10.0 Å². The second-order valence-electron chi connectivity index (χ2n) is 4.94. The van der Waals surface area contributed by atoms with Crippen molar-refractivity contribution in [2.24, 2.45) is 0 Å². The molecule has 1 aliphatic rings. The summed E-state index contributed by atoms with van der Waals surface area (Å²) in [7, 11) is 0. The Hall–Kier alpha value is -1.36. The second kappa shape index (κ2) is 6.18. The van der Waals surface area contributed by atoms with Gasteiger partial charge in [-0.3, -0.25) is 0 Å². The van der Waals surface area contributed by atoms with Crippen molar-refractivity contribution >= 4 is 23.2 Å². The third-order valence-electron chi connectivity index (χ3n) is 3.16. The third kappa shape index (κ3) is 3.64. The van der Waals surface area contributed by atoms with E-state index in [1.807, 2.05) is 0 Å². The zero-order valence-corrected chi connectivity index (χ0v) is 12.6. The van der Waals surface area contributed by atoms with E-state index >= 15 is 0 Å². The summed E-state index contributed by atoms with van der Waals surface area (Å²) in [6, 6.07) is 6.90. The fourth-order valence-electron chi connectivity index (χ4n) is 1.85. The summed E-state index contributed by atoms with van der Waals surface area (Å²) in [5.74, 6) is -0.467. The van der Waals surface area contributed by atoms with E-state index in [1.165, 1.54) is 25.0 Å². The average Bonchev–Trinajstić information content (AvgIpc) is 3.28. The number of halogens is 3. The molecular formula is C15H13Cl2FN2O. The summed E-state index contributed by atoms with van der Waals surface area (Å²) >= 11 is 11.8. The van der Waals surface area contributed by atoms with E-state index < -0.39 is 5.82 Å². The van der Waals surface area contributed by atoms with Crippen molar-refractivity contribution in [3.63, 3.8) is 0 Å². The Morgan fingerprint density at radius 2 is 2.10 bits per heavy atom. The molecule has 1 heterocycles. The number of pyridine rings is 1. The molecule has 0 amide bonds. The van der Waals surface area contributed by atoms with Crippen molar-refractivity contribution in [3.05, 3.63) is 51.9 Å². The summed E-state index contributed by atoms with van der Waals surface area (Å²) in [6.07, 6.45) is 4.10. The maximum Gasteiger partial charge on any atom is 0.238 e. The van der Waals surface area contributed by atoms with Crippen LogP contribution in [-0.4, -0.2) is 11.0 Å². The summed E-state index contributed by atoms with van der Waals surface area (Å²) in [5, 5.41) is 3.70. The highest BCUT2D eigenvalue weighted by atomic mass is 35.5. The highest BCUT2D eigenvalue weighted by Gasteiger charge is 2.20. The molecule has 3 nitrogen and oxygen atoms in total. The molecule has 1 N–H and O–H groups in total. The Morgan fingerprint density at radius 3 is 2.81 bits per heavy atom. The molecule has 0 saturated heterocycles. The number of nitrogens with zero attached hydrogens (tertiary/aromatic N) is 1. The van der Waals surface area contributed by atoms with Gasteiger partial charge in [0.2, 0.25) is 5.88 Å². The van der Waals surface area contributed by atoms with E-state index in [1.54, 1.807) is 18.3 Å². The number of hydrogen-bond donors (Lipinski definition) is 1. The van der Waals surface area contributed by atoms with E-state index in [9.17, 15) is 4.39 Å². The van der Waals surface area contributed by atoms with Gasteiger partial charge in [-0.25, -0.2) is 9.37 Å². The number of nitrogens with one attached hydrogen (secondary N) is 1. The minimum Gasteiger partial charge on any atom is -0.434 e.